The summed E-state index contributed by atoms with van der Waals surface area (Å²) in [6, 6.07) is 3.23. The molecule has 0 N–H and O–H groups in total. The molecule has 1 saturated heterocycles. The molecule has 0 radical (unpaired) electrons. The van der Waals surface area contributed by atoms with Crippen LogP contribution in [0.4, 0.5) is 8.78 Å². The van der Waals surface area contributed by atoms with Gasteiger partial charge in [-0.2, -0.15) is 4.39 Å². The number of halogens is 2. The number of methoxy groups -OCH3 is 1. The lowest BCUT2D eigenvalue weighted by molar-refractivity contribution is -0.0150. The predicted octanol–water partition coefficient (Wildman–Crippen LogP) is 5.62. The Hall–Kier alpha value is -1.42. The zero-order chi connectivity index (χ0) is 17.8. The Morgan fingerprint density at radius 2 is 1.72 bits per heavy atom. The summed E-state index contributed by atoms with van der Waals surface area (Å²) >= 11 is 0. The van der Waals surface area contributed by atoms with Crippen molar-refractivity contribution < 1.29 is 18.3 Å². The average Bonchev–Trinajstić information content (AvgIpc) is 2.65. The molecule has 2 aliphatic rings. The van der Waals surface area contributed by atoms with Crippen molar-refractivity contribution in [1.29, 1.82) is 0 Å². The molecule has 1 saturated carbocycles. The van der Waals surface area contributed by atoms with Crippen LogP contribution in [-0.4, -0.2) is 19.8 Å². The van der Waals surface area contributed by atoms with E-state index in [1.807, 2.05) is 6.92 Å². The van der Waals surface area contributed by atoms with E-state index in [1.165, 1.54) is 19.6 Å². The summed E-state index contributed by atoms with van der Waals surface area (Å²) in [5, 5.41) is 0. The maximum Gasteiger partial charge on any atom is 0.200 e. The second-order valence-electron chi connectivity index (χ2n) is 7.33. The first-order valence-corrected chi connectivity index (χ1v) is 9.40. The normalized spacial score (nSPS) is 30.6. The number of hydrogen-bond donors (Lipinski definition) is 0. The topological polar surface area (TPSA) is 18.5 Å². The summed E-state index contributed by atoms with van der Waals surface area (Å²) in [5.41, 5.74) is 0.504. The van der Waals surface area contributed by atoms with Gasteiger partial charge in [0.15, 0.2) is 11.6 Å². The van der Waals surface area contributed by atoms with Gasteiger partial charge in [-0.05, 0) is 74.8 Å². The van der Waals surface area contributed by atoms with Crippen LogP contribution in [-0.2, 0) is 4.74 Å². The predicted molar refractivity (Wildman–Crippen MR) is 94.9 cm³/mol. The number of hydrogen-bond acceptors (Lipinski definition) is 2. The zero-order valence-electron chi connectivity index (χ0n) is 15.1. The van der Waals surface area contributed by atoms with E-state index in [4.69, 9.17) is 9.47 Å². The molecule has 3 rings (SSSR count). The molecule has 1 aliphatic carbocycles. The highest BCUT2D eigenvalue weighted by Crippen LogP contribution is 2.42. The number of ether oxygens (including phenoxy) is 2. The van der Waals surface area contributed by atoms with Gasteiger partial charge in [-0.3, -0.25) is 0 Å². The maximum absolute atomic E-state index is 14.3. The molecule has 0 aromatic heterocycles. The lowest BCUT2D eigenvalue weighted by atomic mass is 9.72. The van der Waals surface area contributed by atoms with Crippen LogP contribution in [0.5, 0.6) is 5.75 Å². The standard InChI is InChI=1S/C21H28F2O2/c1-3-4-17-10-9-16(13-25-17)14-5-7-15(8-6-14)18-11-12-19(24-2)21(23)20(18)22/h3-4,11-12,14-17H,5-10,13H2,1-2H3/b4-3+. The summed E-state index contributed by atoms with van der Waals surface area (Å²) in [6.45, 7) is 2.85. The summed E-state index contributed by atoms with van der Waals surface area (Å²) in [4.78, 5) is 0. The molecule has 1 aromatic carbocycles. The highest BCUT2D eigenvalue weighted by molar-refractivity contribution is 5.33. The van der Waals surface area contributed by atoms with Gasteiger partial charge in [0, 0.05) is 0 Å². The Morgan fingerprint density at radius 1 is 1.00 bits per heavy atom. The number of benzene rings is 1. The SMILES string of the molecule is C/C=C/C1CCC(C2CCC(c3ccc(OC)c(F)c3F)CC2)CO1. The summed E-state index contributed by atoms with van der Waals surface area (Å²) in [7, 11) is 1.36. The quantitative estimate of drug-likeness (QED) is 0.656. The van der Waals surface area contributed by atoms with Gasteiger partial charge in [-0.1, -0.05) is 18.2 Å². The molecular formula is C21H28F2O2. The molecule has 0 amide bonds. The van der Waals surface area contributed by atoms with E-state index >= 15 is 0 Å². The van der Waals surface area contributed by atoms with Crippen LogP contribution in [0.1, 0.15) is 56.9 Å². The van der Waals surface area contributed by atoms with Crippen molar-refractivity contribution in [2.75, 3.05) is 13.7 Å². The smallest absolute Gasteiger partial charge is 0.200 e. The van der Waals surface area contributed by atoms with E-state index < -0.39 is 11.6 Å². The van der Waals surface area contributed by atoms with Crippen molar-refractivity contribution in [2.45, 2.75) is 57.5 Å². The van der Waals surface area contributed by atoms with Gasteiger partial charge >= 0.3 is 0 Å². The van der Waals surface area contributed by atoms with Crippen LogP contribution in [0.15, 0.2) is 24.3 Å². The molecule has 2 atom stereocenters. The van der Waals surface area contributed by atoms with Crippen molar-refractivity contribution in [3.05, 3.63) is 41.5 Å². The average molecular weight is 350 g/mol. The first kappa shape index (κ1) is 18.4. The van der Waals surface area contributed by atoms with Gasteiger partial charge in [0.25, 0.3) is 0 Å². The molecule has 4 heteroatoms. The van der Waals surface area contributed by atoms with Crippen molar-refractivity contribution in [3.8, 4) is 5.75 Å². The molecular weight excluding hydrogens is 322 g/mol. The highest BCUT2D eigenvalue weighted by atomic mass is 19.2. The third kappa shape index (κ3) is 4.05. The van der Waals surface area contributed by atoms with Crippen molar-refractivity contribution >= 4 is 0 Å². The second-order valence-corrected chi connectivity index (χ2v) is 7.33. The van der Waals surface area contributed by atoms with Crippen molar-refractivity contribution in [3.63, 3.8) is 0 Å². The first-order valence-electron chi connectivity index (χ1n) is 9.40. The Bertz CT molecular complexity index is 598. The number of allylic oxidation sites excluding steroid dienone is 1. The molecule has 0 bridgehead atoms. The fourth-order valence-corrected chi connectivity index (χ4v) is 4.45. The van der Waals surface area contributed by atoms with E-state index in [-0.39, 0.29) is 17.8 Å². The van der Waals surface area contributed by atoms with Crippen LogP contribution < -0.4 is 4.74 Å². The van der Waals surface area contributed by atoms with Crippen LogP contribution in [0.3, 0.4) is 0 Å². The van der Waals surface area contributed by atoms with Gasteiger partial charge < -0.3 is 9.47 Å². The minimum Gasteiger partial charge on any atom is -0.494 e. The van der Waals surface area contributed by atoms with Crippen molar-refractivity contribution in [2.24, 2.45) is 11.8 Å². The van der Waals surface area contributed by atoms with Crippen LogP contribution in [0.2, 0.25) is 0 Å². The molecule has 2 unspecified atom stereocenters. The van der Waals surface area contributed by atoms with E-state index in [2.05, 4.69) is 12.2 Å². The Labute approximate surface area is 149 Å². The second kappa shape index (κ2) is 8.31. The highest BCUT2D eigenvalue weighted by Gasteiger charge is 2.32. The van der Waals surface area contributed by atoms with Gasteiger partial charge in [0.05, 0.1) is 19.8 Å². The van der Waals surface area contributed by atoms with Gasteiger partial charge in [-0.25, -0.2) is 4.39 Å². The molecule has 25 heavy (non-hydrogen) atoms. The monoisotopic (exact) mass is 350 g/mol. The third-order valence-corrected chi connectivity index (χ3v) is 5.93. The minimum absolute atomic E-state index is 0.0232. The molecule has 1 aromatic rings. The van der Waals surface area contributed by atoms with Gasteiger partial charge in [-0.15, -0.1) is 0 Å². The maximum atomic E-state index is 14.3. The van der Waals surface area contributed by atoms with E-state index in [0.717, 1.165) is 38.7 Å². The van der Waals surface area contributed by atoms with E-state index in [9.17, 15) is 8.78 Å². The Balaban J connectivity index is 1.57. The third-order valence-electron chi connectivity index (χ3n) is 5.93. The fourth-order valence-electron chi connectivity index (χ4n) is 4.45. The molecule has 1 aliphatic heterocycles. The van der Waals surface area contributed by atoms with Crippen molar-refractivity contribution in [1.82, 2.24) is 0 Å². The fraction of sp³-hybridized carbons (Fsp3) is 0.619. The first-order chi connectivity index (χ1) is 12.1. The Kier molecular flexibility index (Phi) is 6.10. The van der Waals surface area contributed by atoms with Gasteiger partial charge in [0.2, 0.25) is 5.82 Å². The summed E-state index contributed by atoms with van der Waals surface area (Å²) in [6.07, 6.45) is 10.7. The zero-order valence-corrected chi connectivity index (χ0v) is 15.1. The largest absolute Gasteiger partial charge is 0.494 e. The van der Waals surface area contributed by atoms with E-state index in [1.54, 1.807) is 6.07 Å². The van der Waals surface area contributed by atoms with Crippen LogP contribution in [0, 0.1) is 23.5 Å². The van der Waals surface area contributed by atoms with Gasteiger partial charge in [0.1, 0.15) is 0 Å². The van der Waals surface area contributed by atoms with Crippen LogP contribution >= 0.6 is 0 Å². The lowest BCUT2D eigenvalue weighted by Gasteiger charge is -2.37. The molecule has 2 nitrogen and oxygen atoms in total. The molecule has 2 fully saturated rings. The lowest BCUT2D eigenvalue weighted by Crippen LogP contribution is -2.31. The summed E-state index contributed by atoms with van der Waals surface area (Å²) < 4.78 is 39.1. The Morgan fingerprint density at radius 3 is 2.32 bits per heavy atom. The molecule has 0 spiro atoms. The summed E-state index contributed by atoms with van der Waals surface area (Å²) in [5.74, 6) is -0.258. The molecule has 1 heterocycles. The molecule has 138 valence electrons. The van der Waals surface area contributed by atoms with Crippen LogP contribution in [0.25, 0.3) is 0 Å². The number of rotatable bonds is 4. The minimum atomic E-state index is -0.863. The van der Waals surface area contributed by atoms with E-state index in [0.29, 0.717) is 17.4 Å².